The molecule has 0 amide bonds. The van der Waals surface area contributed by atoms with Crippen LogP contribution in [0.15, 0.2) is 0 Å². The summed E-state index contributed by atoms with van der Waals surface area (Å²) in [5, 5.41) is 0. The standard InChI is InChI=1S/C22H32F22O4Si4/c1-49(2,10-6-14(23,24)18(34,35)19(36,37)20(38,39)21(40,41)22(42,43)44)46-51(4,12-8-16(28,29)30)48-52(5,13-9-17(31,32)33)47-50(3,45)11-7-15(25,26)27/h45H,6-13H2,1-5H3. The second kappa shape index (κ2) is 15.6. The normalized spacial score (nSPS) is 18.9. The van der Waals surface area contributed by atoms with Crippen LogP contribution in [0, 0.1) is 0 Å². The van der Waals surface area contributed by atoms with Crippen molar-refractivity contribution in [2.75, 3.05) is 0 Å². The zero-order valence-corrected chi connectivity index (χ0v) is 31.1. The lowest BCUT2D eigenvalue weighted by atomic mass is 9.93. The van der Waals surface area contributed by atoms with Crippen molar-refractivity contribution >= 4 is 34.0 Å². The van der Waals surface area contributed by atoms with E-state index in [9.17, 15) is 101 Å². The molecule has 0 aromatic rings. The lowest BCUT2D eigenvalue weighted by Crippen LogP contribution is -2.70. The van der Waals surface area contributed by atoms with Gasteiger partial charge in [0.1, 0.15) is 0 Å². The third-order valence-electron chi connectivity index (χ3n) is 7.00. The Labute approximate surface area is 285 Å². The molecule has 0 aliphatic carbocycles. The second-order valence-corrected chi connectivity index (χ2v) is 27.7. The molecular weight excluding hydrogens is 859 g/mol. The molecule has 3 unspecified atom stereocenters. The van der Waals surface area contributed by atoms with Crippen molar-refractivity contribution in [2.45, 2.75) is 137 Å². The molecule has 0 fully saturated rings. The second-order valence-electron chi connectivity index (χ2n) is 12.9. The van der Waals surface area contributed by atoms with Crippen molar-refractivity contribution in [2.24, 2.45) is 0 Å². The molecule has 0 aromatic heterocycles. The Morgan fingerprint density at radius 3 is 1.06 bits per heavy atom. The lowest BCUT2D eigenvalue weighted by molar-refractivity contribution is -0.439. The summed E-state index contributed by atoms with van der Waals surface area (Å²) in [7, 11) is -19.1. The Kier molecular flexibility index (Phi) is 15.4. The van der Waals surface area contributed by atoms with Crippen LogP contribution in [0.3, 0.4) is 0 Å². The van der Waals surface area contributed by atoms with Gasteiger partial charge in [0.2, 0.25) is 0 Å². The lowest BCUT2D eigenvalue weighted by Gasteiger charge is -2.44. The number of alkyl halides is 22. The third kappa shape index (κ3) is 14.0. The first-order valence-electron chi connectivity index (χ1n) is 14.2. The maximum absolute atomic E-state index is 14.5. The van der Waals surface area contributed by atoms with Crippen molar-refractivity contribution in [1.29, 1.82) is 0 Å². The van der Waals surface area contributed by atoms with Gasteiger partial charge in [-0.05, 0) is 56.9 Å². The van der Waals surface area contributed by atoms with E-state index in [0.717, 1.165) is 0 Å². The highest BCUT2D eigenvalue weighted by Gasteiger charge is 2.90. The molecule has 0 rings (SSSR count). The van der Waals surface area contributed by atoms with Crippen LogP contribution in [0.25, 0.3) is 0 Å². The Bertz CT molecular complexity index is 1170. The Hall–Kier alpha value is -0.832. The minimum absolute atomic E-state index is 0.627. The Balaban J connectivity index is 6.73. The molecule has 314 valence electrons. The molecule has 1 N–H and O–H groups in total. The summed E-state index contributed by atoms with van der Waals surface area (Å²) >= 11 is 0. The van der Waals surface area contributed by atoms with Crippen LogP contribution >= 0.6 is 0 Å². The summed E-state index contributed by atoms with van der Waals surface area (Å²) in [5.41, 5.74) is 0. The topological polar surface area (TPSA) is 47.9 Å². The van der Waals surface area contributed by atoms with Gasteiger partial charge in [-0.15, -0.1) is 0 Å². The van der Waals surface area contributed by atoms with Crippen LogP contribution in [0.5, 0.6) is 0 Å². The maximum Gasteiger partial charge on any atom is 0.460 e. The fourth-order valence-electron chi connectivity index (χ4n) is 4.38. The predicted octanol–water partition coefficient (Wildman–Crippen LogP) is 11.4. The van der Waals surface area contributed by atoms with Gasteiger partial charge >= 0.3 is 80.0 Å². The van der Waals surface area contributed by atoms with Gasteiger partial charge in [-0.3, -0.25) is 0 Å². The molecule has 0 saturated carbocycles. The van der Waals surface area contributed by atoms with Gasteiger partial charge in [-0.25, -0.2) is 0 Å². The molecule has 0 spiro atoms. The first kappa shape index (κ1) is 51.2. The van der Waals surface area contributed by atoms with E-state index in [1.165, 1.54) is 0 Å². The van der Waals surface area contributed by atoms with Crippen LogP contribution in [0.2, 0.25) is 56.9 Å². The summed E-state index contributed by atoms with van der Waals surface area (Å²) in [6.07, 6.45) is -31.2. The maximum atomic E-state index is 14.5. The average Bonchev–Trinajstić information content (AvgIpc) is 2.86. The number of hydrogen-bond donors (Lipinski definition) is 1. The molecule has 0 saturated heterocycles. The molecule has 30 heteroatoms. The van der Waals surface area contributed by atoms with Gasteiger partial charge in [-0.2, -0.15) is 96.6 Å². The summed E-state index contributed by atoms with van der Waals surface area (Å²) in [6.45, 7) is 3.27. The van der Waals surface area contributed by atoms with Gasteiger partial charge in [-0.1, -0.05) is 0 Å². The van der Waals surface area contributed by atoms with E-state index >= 15 is 0 Å². The minimum atomic E-state index is -8.19. The van der Waals surface area contributed by atoms with Crippen LogP contribution in [0.1, 0.15) is 25.7 Å². The highest BCUT2D eigenvalue weighted by atomic mass is 28.5. The van der Waals surface area contributed by atoms with Gasteiger partial charge in [0, 0.05) is 25.7 Å². The van der Waals surface area contributed by atoms with Gasteiger partial charge < -0.3 is 17.1 Å². The van der Waals surface area contributed by atoms with Crippen LogP contribution in [-0.2, 0) is 12.3 Å². The monoisotopic (exact) mass is 890 g/mol. The summed E-state index contributed by atoms with van der Waals surface area (Å²) < 4.78 is 309. The van der Waals surface area contributed by atoms with Crippen molar-refractivity contribution < 1.29 is 114 Å². The zero-order chi connectivity index (χ0) is 42.3. The molecule has 0 radical (unpaired) electrons. The molecule has 52 heavy (non-hydrogen) atoms. The average molecular weight is 891 g/mol. The minimum Gasteiger partial charge on any atom is -0.436 e. The highest BCUT2D eigenvalue weighted by molar-refractivity contribution is 6.89. The first-order chi connectivity index (χ1) is 22.2. The number of halogens is 22. The number of hydrogen-bond acceptors (Lipinski definition) is 4. The quantitative estimate of drug-likeness (QED) is 0.104. The zero-order valence-electron chi connectivity index (χ0n) is 27.1. The van der Waals surface area contributed by atoms with Crippen LogP contribution < -0.4 is 0 Å². The highest BCUT2D eigenvalue weighted by Crippen LogP contribution is 2.61. The SMILES string of the molecule is C[Si](C)(CCC(F)(F)C(F)(F)C(F)(F)C(F)(F)C(F)(F)C(F)(F)F)O[Si](C)(CCC(F)(F)F)O[Si](C)(CCC(F)(F)F)O[Si](C)(O)CCC(F)(F)F. The van der Waals surface area contributed by atoms with E-state index < -0.39 is 138 Å². The van der Waals surface area contributed by atoms with E-state index in [1.54, 1.807) is 0 Å². The molecule has 0 aromatic carbocycles. The molecule has 3 atom stereocenters. The van der Waals surface area contributed by atoms with E-state index in [1.807, 2.05) is 0 Å². The molecule has 0 aliphatic rings. The van der Waals surface area contributed by atoms with Crippen LogP contribution in [-0.4, -0.2) is 93.1 Å². The first-order valence-corrected chi connectivity index (χ1v) is 24.9. The fraction of sp³-hybridized carbons (Fsp3) is 1.00. The molecular formula is C22H32F22O4Si4. The third-order valence-corrected chi connectivity index (χ3v) is 22.8. The summed E-state index contributed by atoms with van der Waals surface area (Å²) in [5.74, 6) is -38.6. The largest absolute Gasteiger partial charge is 0.460 e. The van der Waals surface area contributed by atoms with Crippen molar-refractivity contribution in [3.63, 3.8) is 0 Å². The van der Waals surface area contributed by atoms with E-state index in [4.69, 9.17) is 12.3 Å². The fourth-order valence-corrected chi connectivity index (χ4v) is 23.1. The van der Waals surface area contributed by atoms with E-state index in [-0.39, 0.29) is 0 Å². The molecule has 0 bridgehead atoms. The number of rotatable bonds is 19. The van der Waals surface area contributed by atoms with Gasteiger partial charge in [0.25, 0.3) is 0 Å². The predicted molar refractivity (Wildman–Crippen MR) is 144 cm³/mol. The molecule has 4 nitrogen and oxygen atoms in total. The molecule has 0 heterocycles. The van der Waals surface area contributed by atoms with E-state index in [2.05, 4.69) is 0 Å². The van der Waals surface area contributed by atoms with E-state index in [0.29, 0.717) is 32.7 Å². The van der Waals surface area contributed by atoms with Crippen LogP contribution in [0.4, 0.5) is 96.6 Å². The van der Waals surface area contributed by atoms with Crippen molar-refractivity contribution in [3.8, 4) is 0 Å². The van der Waals surface area contributed by atoms with Gasteiger partial charge in [0.05, 0.1) is 0 Å². The summed E-state index contributed by atoms with van der Waals surface area (Å²) in [6, 6.07) is -5.68. The Morgan fingerprint density at radius 1 is 0.385 bits per heavy atom. The van der Waals surface area contributed by atoms with Crippen molar-refractivity contribution in [3.05, 3.63) is 0 Å². The van der Waals surface area contributed by atoms with Crippen molar-refractivity contribution in [1.82, 2.24) is 0 Å². The smallest absolute Gasteiger partial charge is 0.436 e. The van der Waals surface area contributed by atoms with Gasteiger partial charge in [0.15, 0.2) is 8.32 Å². The Morgan fingerprint density at radius 2 is 0.712 bits per heavy atom. The summed E-state index contributed by atoms with van der Waals surface area (Å²) in [4.78, 5) is 10.5. The molecule has 0 aliphatic heterocycles.